The van der Waals surface area contributed by atoms with Gasteiger partial charge in [-0.2, -0.15) is 0 Å². The molecule has 4 nitrogen and oxygen atoms in total. The molecule has 2 aromatic rings. The molecule has 0 saturated heterocycles. The summed E-state index contributed by atoms with van der Waals surface area (Å²) in [5.41, 5.74) is 2.05. The van der Waals surface area contributed by atoms with Gasteiger partial charge in [-0.05, 0) is 48.2 Å². The highest BCUT2D eigenvalue weighted by Gasteiger charge is 2.15. The van der Waals surface area contributed by atoms with E-state index in [4.69, 9.17) is 21.4 Å². The average molecular weight is 333 g/mol. The second-order valence-corrected chi connectivity index (χ2v) is 5.42. The first-order valence-electron chi connectivity index (χ1n) is 7.05. The average Bonchev–Trinajstić information content (AvgIpc) is 2.57. The molecule has 0 unspecified atom stereocenters. The van der Waals surface area contributed by atoms with Crippen LogP contribution in [0.15, 0.2) is 54.3 Å². The van der Waals surface area contributed by atoms with Crippen LogP contribution in [0.4, 0.5) is 0 Å². The topological polar surface area (TPSA) is 66.8 Å². The minimum atomic E-state index is -1.34. The summed E-state index contributed by atoms with van der Waals surface area (Å²) in [6, 6.07) is 14.2. The number of aliphatic hydroxyl groups is 1. The van der Waals surface area contributed by atoms with Crippen molar-refractivity contribution in [2.24, 2.45) is 0 Å². The second kappa shape index (κ2) is 7.70. The first-order chi connectivity index (χ1) is 11.0. The molecule has 0 aromatic heterocycles. The van der Waals surface area contributed by atoms with Crippen LogP contribution >= 0.6 is 11.6 Å². The van der Waals surface area contributed by atoms with Crippen LogP contribution in [0.1, 0.15) is 17.5 Å². The Balaban J connectivity index is 2.25. The van der Waals surface area contributed by atoms with Crippen LogP contribution in [-0.4, -0.2) is 23.3 Å². The quantitative estimate of drug-likeness (QED) is 0.610. The second-order valence-electron chi connectivity index (χ2n) is 4.99. The first kappa shape index (κ1) is 16.9. The third kappa shape index (κ3) is 4.50. The van der Waals surface area contributed by atoms with Crippen molar-refractivity contribution in [1.82, 2.24) is 0 Å². The number of carbonyl (C=O) groups is 1. The standard InChI is InChI=1S/C18H17ClO4/c1-23-15-9-5-13(6-10-15)16(17(20)18(21)22)11-4-12-2-7-14(19)8-3-12/h2-3,5-10,20H,4,11H2,1H3,(H,21,22)/b17-16-. The number of hydrogen-bond donors (Lipinski definition) is 2. The van der Waals surface area contributed by atoms with Crippen LogP contribution in [0, 0.1) is 0 Å². The summed E-state index contributed by atoms with van der Waals surface area (Å²) in [7, 11) is 1.56. The summed E-state index contributed by atoms with van der Waals surface area (Å²) < 4.78 is 5.09. The van der Waals surface area contributed by atoms with Gasteiger partial charge in [0.25, 0.3) is 0 Å². The third-order valence-corrected chi connectivity index (χ3v) is 3.76. The fourth-order valence-electron chi connectivity index (χ4n) is 2.24. The molecule has 23 heavy (non-hydrogen) atoms. The Labute approximate surface area is 139 Å². The summed E-state index contributed by atoms with van der Waals surface area (Å²) in [5, 5.41) is 19.7. The van der Waals surface area contributed by atoms with E-state index in [0.717, 1.165) is 5.56 Å². The Morgan fingerprint density at radius 2 is 1.65 bits per heavy atom. The summed E-state index contributed by atoms with van der Waals surface area (Å²) in [6.45, 7) is 0. The molecule has 0 bridgehead atoms. The summed E-state index contributed by atoms with van der Waals surface area (Å²) >= 11 is 5.85. The molecule has 0 aliphatic rings. The zero-order valence-electron chi connectivity index (χ0n) is 12.6. The number of aliphatic carboxylic acids is 1. The van der Waals surface area contributed by atoms with E-state index in [-0.39, 0.29) is 0 Å². The molecule has 2 aromatic carbocycles. The number of rotatable bonds is 6. The van der Waals surface area contributed by atoms with Crippen LogP contribution in [0.2, 0.25) is 5.02 Å². The van der Waals surface area contributed by atoms with E-state index in [2.05, 4.69) is 0 Å². The number of aliphatic hydroxyl groups excluding tert-OH is 1. The van der Waals surface area contributed by atoms with Crippen LogP contribution in [0.25, 0.3) is 5.57 Å². The number of carboxylic acid groups (broad SMARTS) is 1. The van der Waals surface area contributed by atoms with Gasteiger partial charge < -0.3 is 14.9 Å². The number of benzene rings is 2. The number of aryl methyl sites for hydroxylation is 1. The van der Waals surface area contributed by atoms with E-state index >= 15 is 0 Å². The van der Waals surface area contributed by atoms with E-state index in [1.807, 2.05) is 12.1 Å². The largest absolute Gasteiger partial charge is 0.502 e. The molecule has 0 atom stereocenters. The predicted octanol–water partition coefficient (Wildman–Crippen LogP) is 4.34. The molecule has 0 fully saturated rings. The SMILES string of the molecule is COc1ccc(/C(CCc2ccc(Cl)cc2)=C(\O)C(=O)O)cc1. The van der Waals surface area contributed by atoms with Gasteiger partial charge in [0.2, 0.25) is 5.76 Å². The van der Waals surface area contributed by atoms with Gasteiger partial charge in [-0.1, -0.05) is 35.9 Å². The minimum absolute atomic E-state index is 0.384. The number of halogens is 1. The van der Waals surface area contributed by atoms with Crippen molar-refractivity contribution in [3.8, 4) is 5.75 Å². The fraction of sp³-hybridized carbons (Fsp3) is 0.167. The van der Waals surface area contributed by atoms with Crippen molar-refractivity contribution >= 4 is 23.1 Å². The molecule has 0 amide bonds. The summed E-state index contributed by atoms with van der Waals surface area (Å²) in [6.07, 6.45) is 0.988. The lowest BCUT2D eigenvalue weighted by Gasteiger charge is -2.10. The smallest absolute Gasteiger partial charge is 0.371 e. The van der Waals surface area contributed by atoms with Gasteiger partial charge in [0, 0.05) is 10.6 Å². The molecule has 0 radical (unpaired) electrons. The Hall–Kier alpha value is -2.46. The molecule has 2 rings (SSSR count). The van der Waals surface area contributed by atoms with Crippen LogP contribution < -0.4 is 4.74 Å². The van der Waals surface area contributed by atoms with E-state index < -0.39 is 11.7 Å². The van der Waals surface area contributed by atoms with Gasteiger partial charge in [0.05, 0.1) is 7.11 Å². The monoisotopic (exact) mass is 332 g/mol. The Morgan fingerprint density at radius 1 is 1.04 bits per heavy atom. The van der Waals surface area contributed by atoms with Crippen molar-refractivity contribution in [2.75, 3.05) is 7.11 Å². The zero-order valence-corrected chi connectivity index (χ0v) is 13.4. The van der Waals surface area contributed by atoms with Crippen LogP contribution in [0.5, 0.6) is 5.75 Å². The normalized spacial score (nSPS) is 11.7. The summed E-state index contributed by atoms with van der Waals surface area (Å²) in [4.78, 5) is 11.1. The molecule has 0 aliphatic carbocycles. The third-order valence-electron chi connectivity index (χ3n) is 3.50. The molecular formula is C18H17ClO4. The lowest BCUT2D eigenvalue weighted by molar-refractivity contribution is -0.135. The lowest BCUT2D eigenvalue weighted by atomic mass is 9.97. The number of allylic oxidation sites excluding steroid dienone is 1. The van der Waals surface area contributed by atoms with Gasteiger partial charge in [0.15, 0.2) is 0 Å². The molecule has 0 aliphatic heterocycles. The molecular weight excluding hydrogens is 316 g/mol. The van der Waals surface area contributed by atoms with Gasteiger partial charge in [-0.15, -0.1) is 0 Å². The van der Waals surface area contributed by atoms with Gasteiger partial charge in [-0.3, -0.25) is 0 Å². The number of hydrogen-bond acceptors (Lipinski definition) is 3. The Kier molecular flexibility index (Phi) is 5.66. The Morgan fingerprint density at radius 3 is 2.17 bits per heavy atom. The van der Waals surface area contributed by atoms with Crippen molar-refractivity contribution < 1.29 is 19.7 Å². The van der Waals surface area contributed by atoms with Crippen molar-refractivity contribution in [2.45, 2.75) is 12.8 Å². The maximum absolute atomic E-state index is 11.1. The molecule has 5 heteroatoms. The van der Waals surface area contributed by atoms with E-state index in [0.29, 0.717) is 34.8 Å². The van der Waals surface area contributed by atoms with Crippen LogP contribution in [0.3, 0.4) is 0 Å². The molecule has 0 heterocycles. The van der Waals surface area contributed by atoms with Gasteiger partial charge in [-0.25, -0.2) is 4.79 Å². The molecule has 120 valence electrons. The van der Waals surface area contributed by atoms with E-state index in [1.54, 1.807) is 43.5 Å². The molecule has 0 saturated carbocycles. The van der Waals surface area contributed by atoms with Crippen molar-refractivity contribution in [1.29, 1.82) is 0 Å². The molecule has 0 spiro atoms. The zero-order chi connectivity index (χ0) is 16.8. The maximum Gasteiger partial charge on any atom is 0.371 e. The van der Waals surface area contributed by atoms with E-state index in [1.165, 1.54) is 0 Å². The number of ether oxygens (including phenoxy) is 1. The fourth-order valence-corrected chi connectivity index (χ4v) is 2.37. The highest BCUT2D eigenvalue weighted by molar-refractivity contribution is 6.30. The molecule has 2 N–H and O–H groups in total. The van der Waals surface area contributed by atoms with E-state index in [9.17, 15) is 9.90 Å². The van der Waals surface area contributed by atoms with Gasteiger partial charge in [0.1, 0.15) is 5.75 Å². The first-order valence-corrected chi connectivity index (χ1v) is 7.43. The Bertz CT molecular complexity index is 703. The predicted molar refractivity (Wildman–Crippen MR) is 90.0 cm³/mol. The maximum atomic E-state index is 11.1. The van der Waals surface area contributed by atoms with Crippen molar-refractivity contribution in [3.05, 3.63) is 70.4 Å². The van der Waals surface area contributed by atoms with Crippen molar-refractivity contribution in [3.63, 3.8) is 0 Å². The lowest BCUT2D eigenvalue weighted by Crippen LogP contribution is -2.04. The highest BCUT2D eigenvalue weighted by atomic mass is 35.5. The van der Waals surface area contributed by atoms with Crippen LogP contribution in [-0.2, 0) is 11.2 Å². The summed E-state index contributed by atoms with van der Waals surface area (Å²) in [5.74, 6) is -1.31. The number of methoxy groups -OCH3 is 1. The minimum Gasteiger partial charge on any atom is -0.502 e. The highest BCUT2D eigenvalue weighted by Crippen LogP contribution is 2.26. The van der Waals surface area contributed by atoms with Gasteiger partial charge >= 0.3 is 5.97 Å². The number of carboxylic acids is 1.